The molecule has 2 N–H and O–H groups in total. The van der Waals surface area contributed by atoms with Gasteiger partial charge in [0.2, 0.25) is 5.91 Å². The molecule has 4 amide bonds. The number of benzene rings is 1. The third kappa shape index (κ3) is 4.82. The number of urea groups is 1. The Kier molecular flexibility index (Phi) is 6.08. The van der Waals surface area contributed by atoms with Crippen molar-refractivity contribution in [3.05, 3.63) is 35.1 Å². The largest absolute Gasteiger partial charge is 0.465 e. The summed E-state index contributed by atoms with van der Waals surface area (Å²) in [6, 6.07) is 1.08. The first-order chi connectivity index (χ1) is 15.5. The van der Waals surface area contributed by atoms with Gasteiger partial charge >= 0.3 is 18.3 Å². The Hall–Kier alpha value is -3.09. The molecule has 3 saturated heterocycles. The minimum atomic E-state index is -4.63. The van der Waals surface area contributed by atoms with Gasteiger partial charge in [0.15, 0.2) is 0 Å². The molecule has 0 bridgehead atoms. The second-order valence-electron chi connectivity index (χ2n) is 8.31. The number of halogens is 4. The summed E-state index contributed by atoms with van der Waals surface area (Å²) in [7, 11) is 0. The Morgan fingerprint density at radius 2 is 1.91 bits per heavy atom. The molecule has 0 saturated carbocycles. The summed E-state index contributed by atoms with van der Waals surface area (Å²) < 4.78 is 57.3. The van der Waals surface area contributed by atoms with Crippen LogP contribution in [0.2, 0.25) is 0 Å². The first-order valence-corrected chi connectivity index (χ1v) is 10.3. The maximum Gasteiger partial charge on any atom is 0.416 e. The SMILES string of the molecule is O=C1CN(C(=O)O)C2CCN(C(=O)N3CC(OCc4ccc(C(F)(F)F)cc4F)C3)C[C@H]2N1. The van der Waals surface area contributed by atoms with Gasteiger partial charge in [-0.15, -0.1) is 0 Å². The molecule has 33 heavy (non-hydrogen) atoms. The van der Waals surface area contributed by atoms with Gasteiger partial charge in [-0.2, -0.15) is 13.2 Å². The third-order valence-electron chi connectivity index (χ3n) is 6.13. The zero-order chi connectivity index (χ0) is 23.9. The van der Waals surface area contributed by atoms with Crippen LogP contribution in [0, 0.1) is 5.82 Å². The van der Waals surface area contributed by atoms with Crippen molar-refractivity contribution in [2.45, 2.75) is 37.4 Å². The van der Waals surface area contributed by atoms with Crippen molar-refractivity contribution in [1.29, 1.82) is 0 Å². The Bertz CT molecular complexity index is 953. The number of nitrogens with zero attached hydrogens (tertiary/aromatic N) is 3. The highest BCUT2D eigenvalue weighted by Gasteiger charge is 2.44. The minimum absolute atomic E-state index is 0.00845. The van der Waals surface area contributed by atoms with Crippen LogP contribution in [0.15, 0.2) is 18.2 Å². The maximum absolute atomic E-state index is 13.9. The quantitative estimate of drug-likeness (QED) is 0.650. The molecule has 0 spiro atoms. The van der Waals surface area contributed by atoms with Gasteiger partial charge in [0.25, 0.3) is 0 Å². The average Bonchev–Trinajstić information content (AvgIpc) is 2.71. The fourth-order valence-corrected chi connectivity index (χ4v) is 4.31. The van der Waals surface area contributed by atoms with Crippen LogP contribution >= 0.6 is 0 Å². The van der Waals surface area contributed by atoms with E-state index in [9.17, 15) is 37.1 Å². The van der Waals surface area contributed by atoms with Gasteiger partial charge in [-0.25, -0.2) is 14.0 Å². The molecule has 1 aromatic rings. The van der Waals surface area contributed by atoms with E-state index in [1.807, 2.05) is 0 Å². The number of amides is 4. The lowest BCUT2D eigenvalue weighted by atomic mass is 9.95. The van der Waals surface area contributed by atoms with Crippen molar-refractivity contribution < 1.29 is 41.8 Å². The van der Waals surface area contributed by atoms with Crippen LogP contribution in [0.3, 0.4) is 0 Å². The van der Waals surface area contributed by atoms with Gasteiger partial charge in [0.05, 0.1) is 43.4 Å². The summed E-state index contributed by atoms with van der Waals surface area (Å²) in [6.45, 7) is 0.533. The molecular formula is C20H22F4N4O5. The van der Waals surface area contributed by atoms with E-state index < -0.39 is 41.6 Å². The monoisotopic (exact) mass is 474 g/mol. The summed E-state index contributed by atoms with van der Waals surface area (Å²) in [6.07, 6.45) is -5.79. The number of piperazine rings is 1. The number of nitrogens with one attached hydrogen (secondary N) is 1. The van der Waals surface area contributed by atoms with Crippen LogP contribution in [-0.2, 0) is 22.3 Å². The van der Waals surface area contributed by atoms with E-state index in [0.717, 1.165) is 17.0 Å². The smallest absolute Gasteiger partial charge is 0.416 e. The number of alkyl halides is 3. The molecule has 13 heteroatoms. The molecule has 0 radical (unpaired) electrons. The molecule has 3 fully saturated rings. The molecule has 4 rings (SSSR count). The van der Waals surface area contributed by atoms with Gasteiger partial charge in [0, 0.05) is 18.7 Å². The van der Waals surface area contributed by atoms with Crippen molar-refractivity contribution in [3.63, 3.8) is 0 Å². The molecule has 3 aliphatic rings. The summed E-state index contributed by atoms with van der Waals surface area (Å²) in [5.74, 6) is -1.43. The molecule has 0 aromatic heterocycles. The number of piperidine rings is 1. The van der Waals surface area contributed by atoms with Gasteiger partial charge in [-0.05, 0) is 18.6 Å². The minimum Gasteiger partial charge on any atom is -0.465 e. The Morgan fingerprint density at radius 1 is 1.18 bits per heavy atom. The van der Waals surface area contributed by atoms with Crippen molar-refractivity contribution in [2.24, 2.45) is 0 Å². The summed E-state index contributed by atoms with van der Waals surface area (Å²) in [4.78, 5) is 40.1. The van der Waals surface area contributed by atoms with Gasteiger partial charge in [-0.3, -0.25) is 9.69 Å². The lowest BCUT2D eigenvalue weighted by Crippen LogP contribution is -2.69. The maximum atomic E-state index is 13.9. The zero-order valence-electron chi connectivity index (χ0n) is 17.3. The lowest BCUT2D eigenvalue weighted by Gasteiger charge is -2.48. The highest BCUT2D eigenvalue weighted by molar-refractivity contribution is 5.84. The number of likely N-dealkylation sites (tertiary alicyclic amines) is 2. The Labute approximate surface area is 185 Å². The predicted octanol–water partition coefficient (Wildman–Crippen LogP) is 1.72. The van der Waals surface area contributed by atoms with E-state index in [2.05, 4.69) is 5.32 Å². The van der Waals surface area contributed by atoms with Crippen LogP contribution in [0.5, 0.6) is 0 Å². The number of hydrogen-bond donors (Lipinski definition) is 2. The second-order valence-corrected chi connectivity index (χ2v) is 8.31. The Morgan fingerprint density at radius 3 is 2.55 bits per heavy atom. The normalized spacial score (nSPS) is 23.6. The highest BCUT2D eigenvalue weighted by Crippen LogP contribution is 2.30. The van der Waals surface area contributed by atoms with Crippen LogP contribution < -0.4 is 5.32 Å². The first kappa shape index (κ1) is 23.1. The number of carbonyl (C=O) groups excluding carboxylic acids is 2. The molecule has 3 aliphatic heterocycles. The van der Waals surface area contributed by atoms with Crippen molar-refractivity contribution in [2.75, 3.05) is 32.7 Å². The molecule has 3 heterocycles. The van der Waals surface area contributed by atoms with Crippen LogP contribution in [0.1, 0.15) is 17.5 Å². The van der Waals surface area contributed by atoms with Crippen LogP contribution in [0.4, 0.5) is 27.2 Å². The average molecular weight is 474 g/mol. The molecule has 180 valence electrons. The molecule has 0 aliphatic carbocycles. The number of hydrogen-bond acceptors (Lipinski definition) is 4. The number of carboxylic acid groups (broad SMARTS) is 1. The van der Waals surface area contributed by atoms with E-state index >= 15 is 0 Å². The number of ether oxygens (including phenoxy) is 1. The molecule has 2 atom stereocenters. The second kappa shape index (κ2) is 8.69. The fourth-order valence-electron chi connectivity index (χ4n) is 4.31. The van der Waals surface area contributed by atoms with Crippen LogP contribution in [-0.4, -0.2) is 88.7 Å². The number of rotatable bonds is 3. The fraction of sp³-hybridized carbons (Fsp3) is 0.550. The standard InChI is InChI=1S/C20H22F4N4O5/c21-14-5-12(20(22,23)24)2-1-11(14)10-33-13-6-27(7-13)18(30)26-4-3-16-15(8-26)25-17(29)9-28(16)19(31)32/h1-2,5,13,15-16H,3-4,6-10H2,(H,25,29)(H,31,32)/t15-,16?/m1/s1. The molecular weight excluding hydrogens is 452 g/mol. The zero-order valence-corrected chi connectivity index (χ0v) is 17.3. The third-order valence-corrected chi connectivity index (χ3v) is 6.13. The number of fused-ring (bicyclic) bond motifs is 1. The highest BCUT2D eigenvalue weighted by atomic mass is 19.4. The van der Waals surface area contributed by atoms with E-state index in [0.29, 0.717) is 19.0 Å². The first-order valence-electron chi connectivity index (χ1n) is 10.3. The van der Waals surface area contributed by atoms with E-state index in [1.165, 1.54) is 4.90 Å². The van der Waals surface area contributed by atoms with Crippen LogP contribution in [0.25, 0.3) is 0 Å². The van der Waals surface area contributed by atoms with E-state index in [-0.39, 0.29) is 50.5 Å². The van der Waals surface area contributed by atoms with Crippen molar-refractivity contribution >= 4 is 18.0 Å². The lowest BCUT2D eigenvalue weighted by molar-refractivity contribution is -0.137. The van der Waals surface area contributed by atoms with Crippen molar-refractivity contribution in [3.8, 4) is 0 Å². The topological polar surface area (TPSA) is 102 Å². The molecule has 9 nitrogen and oxygen atoms in total. The molecule has 1 aromatic carbocycles. The van der Waals surface area contributed by atoms with E-state index in [1.54, 1.807) is 4.90 Å². The Balaban J connectivity index is 1.26. The predicted molar refractivity (Wildman–Crippen MR) is 104 cm³/mol. The molecule has 1 unspecified atom stereocenters. The summed E-state index contributed by atoms with van der Waals surface area (Å²) in [5.41, 5.74) is -1.08. The number of carbonyl (C=O) groups is 3. The van der Waals surface area contributed by atoms with E-state index in [4.69, 9.17) is 4.74 Å². The summed E-state index contributed by atoms with van der Waals surface area (Å²) in [5, 5.41) is 12.0. The summed E-state index contributed by atoms with van der Waals surface area (Å²) >= 11 is 0. The van der Waals surface area contributed by atoms with Crippen molar-refractivity contribution in [1.82, 2.24) is 20.0 Å². The van der Waals surface area contributed by atoms with Gasteiger partial charge in [-0.1, -0.05) is 6.07 Å². The van der Waals surface area contributed by atoms with Gasteiger partial charge in [0.1, 0.15) is 12.4 Å². The van der Waals surface area contributed by atoms with Gasteiger partial charge < -0.3 is 25.0 Å².